The van der Waals surface area contributed by atoms with E-state index in [1.165, 1.54) is 0 Å². The highest BCUT2D eigenvalue weighted by Gasteiger charge is 1.99. The molecule has 0 unspecified atom stereocenters. The number of carbonyl (C=O) groups is 1. The Morgan fingerprint density at radius 3 is 2.35 bits per heavy atom. The number of carbonyl (C=O) groups excluding carboxylic acids is 1. The summed E-state index contributed by atoms with van der Waals surface area (Å²) < 4.78 is 5.64. The van der Waals surface area contributed by atoms with Crippen molar-refractivity contribution in [3.63, 3.8) is 0 Å². The zero-order valence-electron chi connectivity index (χ0n) is 10.7. The zero-order chi connectivity index (χ0) is 12.5. The standard InChI is InChI=1S/C14H21NO2/c1-3-15(4-2)10-12-17-14-7-5-13(6-8-14)9-11-16/h5-8,11H,3-4,9-10,12H2,1-2H3. The summed E-state index contributed by atoms with van der Waals surface area (Å²) in [5, 5.41) is 0. The Bertz CT molecular complexity index is 317. The zero-order valence-corrected chi connectivity index (χ0v) is 10.7. The van der Waals surface area contributed by atoms with Gasteiger partial charge in [-0.25, -0.2) is 0 Å². The van der Waals surface area contributed by atoms with Gasteiger partial charge >= 0.3 is 0 Å². The van der Waals surface area contributed by atoms with E-state index in [-0.39, 0.29) is 0 Å². The maximum atomic E-state index is 10.3. The van der Waals surface area contributed by atoms with Gasteiger partial charge in [-0.2, -0.15) is 0 Å². The van der Waals surface area contributed by atoms with Gasteiger partial charge < -0.3 is 14.4 Å². The van der Waals surface area contributed by atoms with Crippen molar-refractivity contribution in [2.24, 2.45) is 0 Å². The van der Waals surface area contributed by atoms with Gasteiger partial charge in [0, 0.05) is 13.0 Å². The third kappa shape index (κ3) is 5.00. The topological polar surface area (TPSA) is 29.5 Å². The van der Waals surface area contributed by atoms with Crippen LogP contribution in [0.2, 0.25) is 0 Å². The van der Waals surface area contributed by atoms with E-state index >= 15 is 0 Å². The molecule has 1 rings (SSSR count). The minimum absolute atomic E-state index is 0.472. The number of benzene rings is 1. The van der Waals surface area contributed by atoms with E-state index in [0.29, 0.717) is 13.0 Å². The Morgan fingerprint density at radius 2 is 1.82 bits per heavy atom. The summed E-state index contributed by atoms with van der Waals surface area (Å²) in [4.78, 5) is 12.7. The van der Waals surface area contributed by atoms with Gasteiger partial charge in [0.05, 0.1) is 0 Å². The average Bonchev–Trinajstić information content (AvgIpc) is 2.37. The lowest BCUT2D eigenvalue weighted by Gasteiger charge is -2.18. The lowest BCUT2D eigenvalue weighted by Crippen LogP contribution is -2.27. The van der Waals surface area contributed by atoms with Crippen LogP contribution < -0.4 is 4.74 Å². The van der Waals surface area contributed by atoms with Crippen molar-refractivity contribution in [3.05, 3.63) is 29.8 Å². The first-order chi connectivity index (χ1) is 8.30. The number of likely N-dealkylation sites (N-methyl/N-ethyl adjacent to an activating group) is 1. The second kappa shape index (κ2) is 7.85. The first-order valence-electron chi connectivity index (χ1n) is 6.17. The highest BCUT2D eigenvalue weighted by atomic mass is 16.5. The van der Waals surface area contributed by atoms with Crippen LogP contribution in [0.15, 0.2) is 24.3 Å². The summed E-state index contributed by atoms with van der Waals surface area (Å²) in [6.45, 7) is 8.06. The molecule has 0 atom stereocenters. The summed E-state index contributed by atoms with van der Waals surface area (Å²) in [5.74, 6) is 0.867. The molecule has 3 nitrogen and oxygen atoms in total. The predicted octanol–water partition coefficient (Wildman–Crippen LogP) is 2.15. The van der Waals surface area contributed by atoms with Gasteiger partial charge in [-0.3, -0.25) is 0 Å². The average molecular weight is 235 g/mol. The maximum absolute atomic E-state index is 10.3. The van der Waals surface area contributed by atoms with E-state index in [9.17, 15) is 4.79 Å². The molecule has 1 aromatic rings. The summed E-state index contributed by atoms with van der Waals surface area (Å²) in [6, 6.07) is 7.70. The van der Waals surface area contributed by atoms with E-state index in [1.54, 1.807) is 0 Å². The summed E-state index contributed by atoms with van der Waals surface area (Å²) >= 11 is 0. The van der Waals surface area contributed by atoms with E-state index < -0.39 is 0 Å². The molecule has 0 fully saturated rings. The second-order valence-electron chi connectivity index (χ2n) is 3.89. The quantitative estimate of drug-likeness (QED) is 0.647. The van der Waals surface area contributed by atoms with Crippen molar-refractivity contribution in [1.82, 2.24) is 4.90 Å². The molecule has 17 heavy (non-hydrogen) atoms. The lowest BCUT2D eigenvalue weighted by molar-refractivity contribution is -0.107. The Kier molecular flexibility index (Phi) is 6.33. The maximum Gasteiger partial charge on any atom is 0.124 e. The molecule has 0 saturated heterocycles. The molecule has 1 aromatic carbocycles. The van der Waals surface area contributed by atoms with E-state index in [2.05, 4.69) is 18.7 Å². The molecule has 3 heteroatoms. The van der Waals surface area contributed by atoms with Crippen molar-refractivity contribution >= 4 is 6.29 Å². The molecule has 94 valence electrons. The van der Waals surface area contributed by atoms with E-state index in [4.69, 9.17) is 4.74 Å². The van der Waals surface area contributed by atoms with E-state index in [0.717, 1.165) is 37.2 Å². The molecular formula is C14H21NO2. The van der Waals surface area contributed by atoms with Crippen LogP contribution in [0.25, 0.3) is 0 Å². The molecule has 0 saturated carbocycles. The first-order valence-corrected chi connectivity index (χ1v) is 6.17. The minimum atomic E-state index is 0.472. The largest absolute Gasteiger partial charge is 0.492 e. The van der Waals surface area contributed by atoms with Crippen molar-refractivity contribution in [2.75, 3.05) is 26.2 Å². The summed E-state index contributed by atoms with van der Waals surface area (Å²) in [7, 11) is 0. The van der Waals surface area contributed by atoms with Gasteiger partial charge in [0.2, 0.25) is 0 Å². The normalized spacial score (nSPS) is 10.5. The number of rotatable bonds is 8. The lowest BCUT2D eigenvalue weighted by atomic mass is 10.2. The van der Waals surface area contributed by atoms with E-state index in [1.807, 2.05) is 24.3 Å². The number of ether oxygens (including phenoxy) is 1. The van der Waals surface area contributed by atoms with Crippen molar-refractivity contribution < 1.29 is 9.53 Å². The Morgan fingerprint density at radius 1 is 1.18 bits per heavy atom. The molecule has 0 heterocycles. The third-order valence-electron chi connectivity index (χ3n) is 2.81. The van der Waals surface area contributed by atoms with Crippen LogP contribution in [0.3, 0.4) is 0 Å². The smallest absolute Gasteiger partial charge is 0.124 e. The highest BCUT2D eigenvalue weighted by Crippen LogP contribution is 2.12. The van der Waals surface area contributed by atoms with Crippen LogP contribution in [-0.4, -0.2) is 37.4 Å². The fourth-order valence-electron chi connectivity index (χ4n) is 1.65. The number of hydrogen-bond donors (Lipinski definition) is 0. The Hall–Kier alpha value is -1.35. The molecule has 0 aliphatic carbocycles. The van der Waals surface area contributed by atoms with Crippen LogP contribution in [0.5, 0.6) is 5.75 Å². The summed E-state index contributed by atoms with van der Waals surface area (Å²) in [6.07, 6.45) is 1.38. The fraction of sp³-hybridized carbons (Fsp3) is 0.500. The molecule has 0 radical (unpaired) electrons. The highest BCUT2D eigenvalue weighted by molar-refractivity contribution is 5.55. The van der Waals surface area contributed by atoms with Crippen LogP contribution >= 0.6 is 0 Å². The first kappa shape index (κ1) is 13.7. The Balaban J connectivity index is 2.34. The molecule has 0 amide bonds. The molecule has 0 aliphatic heterocycles. The van der Waals surface area contributed by atoms with Gasteiger partial charge in [0.1, 0.15) is 18.6 Å². The van der Waals surface area contributed by atoms with Crippen LogP contribution in [0.1, 0.15) is 19.4 Å². The third-order valence-corrected chi connectivity index (χ3v) is 2.81. The number of aldehydes is 1. The molecule has 0 aromatic heterocycles. The molecular weight excluding hydrogens is 214 g/mol. The van der Waals surface area contributed by atoms with Gasteiger partial charge in [0.15, 0.2) is 0 Å². The van der Waals surface area contributed by atoms with Gasteiger partial charge in [-0.1, -0.05) is 26.0 Å². The number of nitrogens with zero attached hydrogens (tertiary/aromatic N) is 1. The predicted molar refractivity (Wildman–Crippen MR) is 69.5 cm³/mol. The molecule has 0 aliphatic rings. The SMILES string of the molecule is CCN(CC)CCOc1ccc(CC=O)cc1. The van der Waals surface area contributed by atoms with Gasteiger partial charge in [-0.05, 0) is 30.8 Å². The molecule has 0 bridgehead atoms. The van der Waals surface area contributed by atoms with Crippen molar-refractivity contribution in [1.29, 1.82) is 0 Å². The fourth-order valence-corrected chi connectivity index (χ4v) is 1.65. The Labute approximate surface area is 103 Å². The molecule has 0 N–H and O–H groups in total. The minimum Gasteiger partial charge on any atom is -0.492 e. The monoisotopic (exact) mass is 235 g/mol. The van der Waals surface area contributed by atoms with Crippen LogP contribution in [0, 0.1) is 0 Å². The number of hydrogen-bond acceptors (Lipinski definition) is 3. The molecule has 0 spiro atoms. The second-order valence-corrected chi connectivity index (χ2v) is 3.89. The van der Waals surface area contributed by atoms with Crippen LogP contribution in [-0.2, 0) is 11.2 Å². The van der Waals surface area contributed by atoms with Crippen molar-refractivity contribution in [3.8, 4) is 5.75 Å². The van der Waals surface area contributed by atoms with Gasteiger partial charge in [0.25, 0.3) is 0 Å². The van der Waals surface area contributed by atoms with Gasteiger partial charge in [-0.15, -0.1) is 0 Å². The van der Waals surface area contributed by atoms with Crippen LogP contribution in [0.4, 0.5) is 0 Å². The van der Waals surface area contributed by atoms with Crippen molar-refractivity contribution in [2.45, 2.75) is 20.3 Å². The summed E-state index contributed by atoms with van der Waals surface area (Å²) in [5.41, 5.74) is 1.02.